The molecule has 0 aliphatic heterocycles. The molecule has 0 radical (unpaired) electrons. The Kier molecular flexibility index (Phi) is 7.19. The van der Waals surface area contributed by atoms with Crippen molar-refractivity contribution in [2.75, 3.05) is 28.3 Å². The summed E-state index contributed by atoms with van der Waals surface area (Å²) in [6.45, 7) is 0.0911. The maximum absolute atomic E-state index is 12.4. The highest BCUT2D eigenvalue weighted by Crippen LogP contribution is 2.23. The molecule has 1 amide bonds. The first-order valence-electron chi connectivity index (χ1n) is 8.47. The van der Waals surface area contributed by atoms with Crippen molar-refractivity contribution in [1.82, 2.24) is 9.62 Å². The first kappa shape index (κ1) is 21.5. The van der Waals surface area contributed by atoms with Crippen LogP contribution < -0.4 is 14.8 Å². The van der Waals surface area contributed by atoms with Crippen molar-refractivity contribution in [2.24, 2.45) is 0 Å². The molecule has 2 aromatic carbocycles. The Labute approximate surface area is 165 Å². The van der Waals surface area contributed by atoms with E-state index in [0.29, 0.717) is 17.1 Å². The van der Waals surface area contributed by atoms with E-state index in [1.807, 2.05) is 0 Å². The molecule has 0 aromatic heterocycles. The predicted octanol–water partition coefficient (Wildman–Crippen LogP) is 2.28. The summed E-state index contributed by atoms with van der Waals surface area (Å²) >= 11 is 0. The number of sulfonamides is 1. The van der Waals surface area contributed by atoms with E-state index in [9.17, 15) is 13.2 Å². The summed E-state index contributed by atoms with van der Waals surface area (Å²) < 4.78 is 36.3. The minimum absolute atomic E-state index is 0.0911. The molecule has 28 heavy (non-hydrogen) atoms. The third-order valence-electron chi connectivity index (χ3n) is 3.99. The van der Waals surface area contributed by atoms with Crippen molar-refractivity contribution in [3.8, 4) is 11.5 Å². The van der Waals surface area contributed by atoms with Gasteiger partial charge in [-0.05, 0) is 35.4 Å². The predicted molar refractivity (Wildman–Crippen MR) is 108 cm³/mol. The van der Waals surface area contributed by atoms with E-state index >= 15 is 0 Å². The Hall–Kier alpha value is -2.84. The van der Waals surface area contributed by atoms with Crippen LogP contribution in [0.1, 0.15) is 11.1 Å². The molecule has 0 heterocycles. The summed E-state index contributed by atoms with van der Waals surface area (Å²) in [5.41, 5.74) is 1.25. The van der Waals surface area contributed by atoms with Gasteiger partial charge in [-0.15, -0.1) is 0 Å². The topological polar surface area (TPSA) is 84.9 Å². The number of nitrogens with one attached hydrogen (secondary N) is 1. The first-order chi connectivity index (χ1) is 13.3. The van der Waals surface area contributed by atoms with Gasteiger partial charge in [0.05, 0.1) is 19.1 Å². The van der Waals surface area contributed by atoms with E-state index in [4.69, 9.17) is 9.47 Å². The maximum Gasteiger partial charge on any atom is 0.244 e. The largest absolute Gasteiger partial charge is 0.497 e. The molecule has 0 aliphatic rings. The van der Waals surface area contributed by atoms with Crippen molar-refractivity contribution < 1.29 is 22.7 Å². The summed E-state index contributed by atoms with van der Waals surface area (Å²) in [4.78, 5) is 12.3. The lowest BCUT2D eigenvalue weighted by molar-refractivity contribution is -0.116. The second-order valence-electron chi connectivity index (χ2n) is 6.09. The number of ether oxygens (including phenoxy) is 2. The van der Waals surface area contributed by atoms with Crippen LogP contribution in [0, 0.1) is 0 Å². The lowest BCUT2D eigenvalue weighted by Gasteiger charge is -2.15. The van der Waals surface area contributed by atoms with E-state index in [0.717, 1.165) is 9.87 Å². The Balaban J connectivity index is 2.11. The molecule has 0 fully saturated rings. The summed E-state index contributed by atoms with van der Waals surface area (Å²) in [6, 6.07) is 11.9. The smallest absolute Gasteiger partial charge is 0.244 e. The fourth-order valence-corrected chi connectivity index (χ4v) is 3.55. The van der Waals surface area contributed by atoms with Crippen molar-refractivity contribution in [1.29, 1.82) is 0 Å². The molecule has 0 bridgehead atoms. The van der Waals surface area contributed by atoms with Crippen LogP contribution in [-0.2, 0) is 21.4 Å². The minimum atomic E-state index is -3.59. The van der Waals surface area contributed by atoms with E-state index in [2.05, 4.69) is 5.32 Å². The molecule has 0 aliphatic carbocycles. The number of carbonyl (C=O) groups excluding carboxylic acids is 1. The average Bonchev–Trinajstić information content (AvgIpc) is 2.70. The van der Waals surface area contributed by atoms with Gasteiger partial charge in [-0.25, -0.2) is 12.7 Å². The Bertz CT molecular complexity index is 946. The van der Waals surface area contributed by atoms with Gasteiger partial charge in [0.25, 0.3) is 0 Å². The van der Waals surface area contributed by atoms with E-state index in [1.165, 1.54) is 26.2 Å². The third-order valence-corrected chi connectivity index (χ3v) is 5.90. The van der Waals surface area contributed by atoms with Gasteiger partial charge in [0.2, 0.25) is 15.9 Å². The molecule has 0 atom stereocenters. The SMILES string of the molecule is COc1cc(/C=C/C(=O)NCc2ccccc2S(=O)(=O)N(C)C)cc(OC)c1. The average molecular weight is 404 g/mol. The zero-order chi connectivity index (χ0) is 20.7. The number of methoxy groups -OCH3 is 2. The van der Waals surface area contributed by atoms with Crippen LogP contribution in [-0.4, -0.2) is 46.9 Å². The zero-order valence-electron chi connectivity index (χ0n) is 16.3. The molecule has 0 saturated carbocycles. The molecule has 2 aromatic rings. The number of rotatable bonds is 8. The normalized spacial score (nSPS) is 11.6. The van der Waals surface area contributed by atoms with Gasteiger partial charge in [0, 0.05) is 32.8 Å². The quantitative estimate of drug-likeness (QED) is 0.683. The van der Waals surface area contributed by atoms with Gasteiger partial charge in [-0.1, -0.05) is 18.2 Å². The standard InChI is InChI=1S/C20H24N2O5S/c1-22(2)28(24,25)19-8-6-5-7-16(19)14-21-20(23)10-9-15-11-17(26-3)13-18(12-15)27-4/h5-13H,14H2,1-4H3,(H,21,23)/b10-9+. The van der Waals surface area contributed by atoms with Crippen LogP contribution in [0.15, 0.2) is 53.4 Å². The van der Waals surface area contributed by atoms with Crippen LogP contribution in [0.5, 0.6) is 11.5 Å². The van der Waals surface area contributed by atoms with Gasteiger partial charge in [0.1, 0.15) is 11.5 Å². The summed E-state index contributed by atoms with van der Waals surface area (Å²) in [6.07, 6.45) is 3.00. The fraction of sp³-hybridized carbons (Fsp3) is 0.250. The Morgan fingerprint density at radius 3 is 2.25 bits per heavy atom. The summed E-state index contributed by atoms with van der Waals surface area (Å²) in [5, 5.41) is 2.71. The second-order valence-corrected chi connectivity index (χ2v) is 8.21. The van der Waals surface area contributed by atoms with Crippen molar-refractivity contribution in [2.45, 2.75) is 11.4 Å². The molecule has 0 unspecified atom stereocenters. The number of nitrogens with zero attached hydrogens (tertiary/aromatic N) is 1. The van der Waals surface area contributed by atoms with Crippen molar-refractivity contribution >= 4 is 22.0 Å². The monoisotopic (exact) mass is 404 g/mol. The number of hydrogen-bond acceptors (Lipinski definition) is 5. The second kappa shape index (κ2) is 9.38. The van der Waals surface area contributed by atoms with Crippen molar-refractivity contribution in [3.05, 3.63) is 59.7 Å². The molecule has 1 N–H and O–H groups in total. The lowest BCUT2D eigenvalue weighted by atomic mass is 10.2. The third kappa shape index (κ3) is 5.34. The van der Waals surface area contributed by atoms with E-state index < -0.39 is 10.0 Å². The number of benzene rings is 2. The van der Waals surface area contributed by atoms with Gasteiger partial charge in [0.15, 0.2) is 0 Å². The fourth-order valence-electron chi connectivity index (χ4n) is 2.44. The van der Waals surface area contributed by atoms with Gasteiger partial charge < -0.3 is 14.8 Å². The van der Waals surface area contributed by atoms with Crippen LogP contribution in [0.25, 0.3) is 6.08 Å². The van der Waals surface area contributed by atoms with E-state index in [1.54, 1.807) is 56.7 Å². The van der Waals surface area contributed by atoms with Gasteiger partial charge in [-0.3, -0.25) is 4.79 Å². The molecule has 8 heteroatoms. The Morgan fingerprint density at radius 2 is 1.68 bits per heavy atom. The lowest BCUT2D eigenvalue weighted by Crippen LogP contribution is -2.26. The van der Waals surface area contributed by atoms with Crippen LogP contribution in [0.3, 0.4) is 0 Å². The molecule has 7 nitrogen and oxygen atoms in total. The van der Waals surface area contributed by atoms with Gasteiger partial charge in [-0.2, -0.15) is 0 Å². The molecule has 150 valence electrons. The van der Waals surface area contributed by atoms with Crippen LogP contribution in [0.4, 0.5) is 0 Å². The van der Waals surface area contributed by atoms with Gasteiger partial charge >= 0.3 is 0 Å². The molecular weight excluding hydrogens is 380 g/mol. The summed E-state index contributed by atoms with van der Waals surface area (Å²) in [5.74, 6) is 0.878. The van der Waals surface area contributed by atoms with Crippen LogP contribution >= 0.6 is 0 Å². The number of carbonyl (C=O) groups is 1. The highest BCUT2D eigenvalue weighted by Gasteiger charge is 2.20. The molecule has 0 spiro atoms. The minimum Gasteiger partial charge on any atom is -0.497 e. The Morgan fingerprint density at radius 1 is 1.07 bits per heavy atom. The molecular formula is C20H24N2O5S. The first-order valence-corrected chi connectivity index (χ1v) is 9.91. The van der Waals surface area contributed by atoms with Crippen LogP contribution in [0.2, 0.25) is 0 Å². The number of amides is 1. The number of hydrogen-bond donors (Lipinski definition) is 1. The van der Waals surface area contributed by atoms with Crippen molar-refractivity contribution in [3.63, 3.8) is 0 Å². The maximum atomic E-state index is 12.4. The zero-order valence-corrected chi connectivity index (χ0v) is 17.1. The summed E-state index contributed by atoms with van der Waals surface area (Å²) in [7, 11) is 2.45. The highest BCUT2D eigenvalue weighted by molar-refractivity contribution is 7.89. The highest BCUT2D eigenvalue weighted by atomic mass is 32.2. The van der Waals surface area contributed by atoms with E-state index in [-0.39, 0.29) is 17.3 Å². The molecule has 0 saturated heterocycles. The molecule has 2 rings (SSSR count).